The summed E-state index contributed by atoms with van der Waals surface area (Å²) in [5, 5.41) is 6.48. The molecule has 2 aromatic carbocycles. The Labute approximate surface area is 147 Å². The fourth-order valence-electron chi connectivity index (χ4n) is 3.04. The summed E-state index contributed by atoms with van der Waals surface area (Å²) in [6.07, 6.45) is 1.99. The van der Waals surface area contributed by atoms with Gasteiger partial charge in [-0.15, -0.1) is 0 Å². The molecular formula is C20H23N3O2. The van der Waals surface area contributed by atoms with Crippen LogP contribution in [0.15, 0.2) is 47.6 Å². The predicted molar refractivity (Wildman–Crippen MR) is 102 cm³/mol. The van der Waals surface area contributed by atoms with Crippen LogP contribution < -0.4 is 5.43 Å². The Bertz CT molecular complexity index is 912. The van der Waals surface area contributed by atoms with Crippen molar-refractivity contribution in [3.63, 3.8) is 0 Å². The number of carbonyl (C=O) groups is 1. The summed E-state index contributed by atoms with van der Waals surface area (Å²) >= 11 is 0. The van der Waals surface area contributed by atoms with Gasteiger partial charge in [-0.3, -0.25) is 4.79 Å². The minimum atomic E-state index is -0.145. The molecule has 0 unspecified atom stereocenters. The van der Waals surface area contributed by atoms with Crippen molar-refractivity contribution >= 4 is 33.9 Å². The Hall–Kier alpha value is -2.66. The van der Waals surface area contributed by atoms with Crippen LogP contribution in [-0.2, 0) is 16.1 Å². The van der Waals surface area contributed by atoms with E-state index in [0.29, 0.717) is 19.6 Å². The summed E-state index contributed by atoms with van der Waals surface area (Å²) in [6, 6.07) is 14.6. The maximum atomic E-state index is 11.6. The van der Waals surface area contributed by atoms with Crippen LogP contribution >= 0.6 is 0 Å². The van der Waals surface area contributed by atoms with Gasteiger partial charge in [-0.25, -0.2) is 5.43 Å². The molecule has 0 spiro atoms. The normalized spacial score (nSPS) is 11.6. The molecule has 0 aliphatic carbocycles. The van der Waals surface area contributed by atoms with E-state index in [2.05, 4.69) is 58.4 Å². The van der Waals surface area contributed by atoms with Gasteiger partial charge in [0.2, 0.25) is 5.91 Å². The molecule has 0 saturated carbocycles. The molecular weight excluding hydrogens is 314 g/mol. The number of hydrogen-bond donors (Lipinski definition) is 1. The second-order valence-electron chi connectivity index (χ2n) is 5.78. The van der Waals surface area contributed by atoms with Gasteiger partial charge in [0, 0.05) is 35.0 Å². The van der Waals surface area contributed by atoms with Crippen LogP contribution in [0.5, 0.6) is 0 Å². The van der Waals surface area contributed by atoms with Crippen molar-refractivity contribution < 1.29 is 9.53 Å². The minimum Gasteiger partial charge on any atom is -0.381 e. The maximum absolute atomic E-state index is 11.6. The van der Waals surface area contributed by atoms with Gasteiger partial charge in [-0.2, -0.15) is 5.10 Å². The Morgan fingerprint density at radius 2 is 1.96 bits per heavy atom. The number of carbonyl (C=O) groups excluding carboxylic acids is 1. The molecule has 25 heavy (non-hydrogen) atoms. The number of hydrazone groups is 1. The van der Waals surface area contributed by atoms with Crippen molar-refractivity contribution in [3.8, 4) is 0 Å². The third kappa shape index (κ3) is 3.72. The summed E-state index contributed by atoms with van der Waals surface area (Å²) in [7, 11) is 0. The molecule has 5 nitrogen and oxygen atoms in total. The van der Waals surface area contributed by atoms with E-state index >= 15 is 0 Å². The van der Waals surface area contributed by atoms with Crippen LogP contribution in [0.25, 0.3) is 21.8 Å². The zero-order valence-corrected chi connectivity index (χ0v) is 14.7. The lowest BCUT2D eigenvalue weighted by Crippen LogP contribution is -2.19. The van der Waals surface area contributed by atoms with E-state index in [-0.39, 0.29) is 5.91 Å². The lowest BCUT2D eigenvalue weighted by atomic mass is 10.1. The number of fused-ring (bicyclic) bond motifs is 3. The third-order valence-corrected chi connectivity index (χ3v) is 4.19. The molecule has 0 aliphatic heterocycles. The minimum absolute atomic E-state index is 0.145. The van der Waals surface area contributed by atoms with E-state index in [0.717, 1.165) is 12.1 Å². The first-order chi connectivity index (χ1) is 12.2. The lowest BCUT2D eigenvalue weighted by molar-refractivity contribution is -0.122. The van der Waals surface area contributed by atoms with Crippen LogP contribution in [0.2, 0.25) is 0 Å². The number of nitrogens with zero attached hydrogens (tertiary/aromatic N) is 2. The average molecular weight is 337 g/mol. The fourth-order valence-corrected chi connectivity index (χ4v) is 3.04. The number of rotatable bonds is 7. The van der Waals surface area contributed by atoms with Crippen molar-refractivity contribution in [2.45, 2.75) is 26.8 Å². The summed E-state index contributed by atoms with van der Waals surface area (Å²) in [5.74, 6) is -0.145. The molecule has 1 amide bonds. The number of amides is 1. The topological polar surface area (TPSA) is 55.6 Å². The van der Waals surface area contributed by atoms with Gasteiger partial charge in [0.1, 0.15) is 0 Å². The number of ether oxygens (including phenoxy) is 1. The number of para-hydroxylation sites is 1. The number of hydrogen-bond acceptors (Lipinski definition) is 3. The summed E-state index contributed by atoms with van der Waals surface area (Å²) in [5.41, 5.74) is 5.94. The van der Waals surface area contributed by atoms with Gasteiger partial charge in [0.25, 0.3) is 0 Å². The van der Waals surface area contributed by atoms with Crippen molar-refractivity contribution in [1.82, 2.24) is 9.99 Å². The first kappa shape index (κ1) is 17.2. The molecule has 3 aromatic rings. The predicted octanol–water partition coefficient (Wildman–Crippen LogP) is 3.69. The van der Waals surface area contributed by atoms with E-state index in [4.69, 9.17) is 4.74 Å². The largest absolute Gasteiger partial charge is 0.381 e. The number of benzene rings is 2. The highest BCUT2D eigenvalue weighted by molar-refractivity contribution is 6.09. The molecule has 0 saturated heterocycles. The second kappa shape index (κ2) is 7.94. The van der Waals surface area contributed by atoms with Crippen molar-refractivity contribution in [2.24, 2.45) is 5.10 Å². The second-order valence-corrected chi connectivity index (χ2v) is 5.78. The molecule has 0 atom stereocenters. The van der Waals surface area contributed by atoms with E-state index in [1.165, 1.54) is 21.8 Å². The Morgan fingerprint density at radius 1 is 1.16 bits per heavy atom. The molecule has 1 N–H and O–H groups in total. The summed E-state index contributed by atoms with van der Waals surface area (Å²) in [6.45, 7) is 6.01. The standard InChI is InChI=1S/C20H23N3O2/c1-3-23-18-8-6-5-7-16(18)17-13-15(9-10-19(17)23)14-21-22-20(24)11-12-25-4-2/h5-10,13-14H,3-4,11-12H2,1-2H3,(H,22,24)/b21-14+. The zero-order valence-electron chi connectivity index (χ0n) is 14.7. The Morgan fingerprint density at radius 3 is 2.76 bits per heavy atom. The molecule has 0 radical (unpaired) electrons. The molecule has 1 aromatic heterocycles. The quantitative estimate of drug-likeness (QED) is 0.406. The summed E-state index contributed by atoms with van der Waals surface area (Å²) < 4.78 is 7.46. The van der Waals surface area contributed by atoms with E-state index in [1.54, 1.807) is 6.21 Å². The molecule has 0 bridgehead atoms. The number of aryl methyl sites for hydroxylation is 1. The van der Waals surface area contributed by atoms with Gasteiger partial charge < -0.3 is 9.30 Å². The van der Waals surface area contributed by atoms with Crippen LogP contribution in [0.3, 0.4) is 0 Å². The summed E-state index contributed by atoms with van der Waals surface area (Å²) in [4.78, 5) is 11.6. The highest BCUT2D eigenvalue weighted by Crippen LogP contribution is 2.29. The van der Waals surface area contributed by atoms with Gasteiger partial charge in [-0.1, -0.05) is 24.3 Å². The molecule has 0 fully saturated rings. The molecule has 5 heteroatoms. The first-order valence-electron chi connectivity index (χ1n) is 8.65. The zero-order chi connectivity index (χ0) is 17.6. The average Bonchev–Trinajstić information content (AvgIpc) is 2.95. The van der Waals surface area contributed by atoms with Crippen LogP contribution in [-0.4, -0.2) is 29.9 Å². The van der Waals surface area contributed by atoms with Crippen molar-refractivity contribution in [3.05, 3.63) is 48.0 Å². The molecule has 130 valence electrons. The SMILES string of the molecule is CCOCCC(=O)N/N=C/c1ccc2c(c1)c1ccccc1n2CC. The van der Waals surface area contributed by atoms with Gasteiger partial charge in [0.05, 0.1) is 19.2 Å². The molecule has 1 heterocycles. The van der Waals surface area contributed by atoms with E-state index < -0.39 is 0 Å². The highest BCUT2D eigenvalue weighted by Gasteiger charge is 2.09. The lowest BCUT2D eigenvalue weighted by Gasteiger charge is -2.03. The molecule has 3 rings (SSSR count). The Balaban J connectivity index is 1.81. The van der Waals surface area contributed by atoms with Gasteiger partial charge in [0.15, 0.2) is 0 Å². The smallest absolute Gasteiger partial charge is 0.242 e. The monoisotopic (exact) mass is 337 g/mol. The Kier molecular flexibility index (Phi) is 5.46. The third-order valence-electron chi connectivity index (χ3n) is 4.19. The van der Waals surface area contributed by atoms with Crippen molar-refractivity contribution in [1.29, 1.82) is 0 Å². The number of aromatic nitrogens is 1. The van der Waals surface area contributed by atoms with E-state index in [9.17, 15) is 4.79 Å². The van der Waals surface area contributed by atoms with Crippen LogP contribution in [0, 0.1) is 0 Å². The van der Waals surface area contributed by atoms with Crippen molar-refractivity contribution in [2.75, 3.05) is 13.2 Å². The van der Waals surface area contributed by atoms with Crippen LogP contribution in [0.1, 0.15) is 25.8 Å². The first-order valence-corrected chi connectivity index (χ1v) is 8.65. The van der Waals surface area contributed by atoms with Gasteiger partial charge >= 0.3 is 0 Å². The maximum Gasteiger partial charge on any atom is 0.242 e. The van der Waals surface area contributed by atoms with Crippen LogP contribution in [0.4, 0.5) is 0 Å². The molecule has 0 aliphatic rings. The number of nitrogens with one attached hydrogen (secondary N) is 1. The highest BCUT2D eigenvalue weighted by atomic mass is 16.5. The fraction of sp³-hybridized carbons (Fsp3) is 0.300. The van der Waals surface area contributed by atoms with E-state index in [1.807, 2.05) is 13.0 Å². The van der Waals surface area contributed by atoms with Gasteiger partial charge in [-0.05, 0) is 37.6 Å².